The number of rotatable bonds is 7. The topological polar surface area (TPSA) is 85.1 Å². The van der Waals surface area contributed by atoms with E-state index in [9.17, 15) is 9.18 Å². The van der Waals surface area contributed by atoms with Gasteiger partial charge >= 0.3 is 0 Å². The minimum Gasteiger partial charge on any atom is -0.357 e. The van der Waals surface area contributed by atoms with Gasteiger partial charge in [0.1, 0.15) is 11.6 Å². The lowest BCUT2D eigenvalue weighted by Gasteiger charge is -2.33. The number of nitrogens with zero attached hydrogens (tertiary/aromatic N) is 2. The van der Waals surface area contributed by atoms with Crippen LogP contribution in [0.1, 0.15) is 73.6 Å². The first-order valence-corrected chi connectivity index (χ1v) is 15.2. The Labute approximate surface area is 258 Å². The van der Waals surface area contributed by atoms with Crippen molar-refractivity contribution in [3.05, 3.63) is 102 Å². The highest BCUT2D eigenvalue weighted by atomic mass is 35.5. The number of anilines is 2. The second kappa shape index (κ2) is 12.9. The first kappa shape index (κ1) is 29.4. The average Bonchev–Trinajstić information content (AvgIpc) is 3.85. The van der Waals surface area contributed by atoms with E-state index in [1.807, 2.05) is 30.5 Å². The molecule has 1 aromatic heterocycles. The number of nitrogens with one attached hydrogen (secondary N) is 4. The van der Waals surface area contributed by atoms with Crippen LogP contribution >= 0.6 is 12.4 Å². The van der Waals surface area contributed by atoms with Crippen LogP contribution in [0.3, 0.4) is 0 Å². The zero-order chi connectivity index (χ0) is 28.5. The molecular formula is C34H38ClFN6O. The molecule has 3 saturated heterocycles. The van der Waals surface area contributed by atoms with Crippen molar-refractivity contribution in [3.8, 4) is 11.3 Å². The molecule has 3 aromatic carbocycles. The van der Waals surface area contributed by atoms with Gasteiger partial charge < -0.3 is 25.8 Å². The summed E-state index contributed by atoms with van der Waals surface area (Å²) >= 11 is 0. The van der Waals surface area contributed by atoms with Crippen LogP contribution in [0, 0.1) is 5.82 Å². The fraction of sp³-hybridized carbons (Fsp3) is 0.353. The molecule has 0 spiro atoms. The molecule has 4 N–H and O–H groups in total. The molecule has 1 amide bonds. The summed E-state index contributed by atoms with van der Waals surface area (Å²) in [5.74, 6) is 0.798. The number of aromatic amines is 1. The monoisotopic (exact) mass is 600 g/mol. The molecule has 3 aliphatic rings. The summed E-state index contributed by atoms with van der Waals surface area (Å²) in [4.78, 5) is 23.1. The van der Waals surface area contributed by atoms with Crippen LogP contribution in [0.15, 0.2) is 79.0 Å². The maximum atomic E-state index is 13.9. The van der Waals surface area contributed by atoms with Crippen molar-refractivity contribution < 1.29 is 9.18 Å². The van der Waals surface area contributed by atoms with Crippen LogP contribution in [-0.2, 0) is 4.79 Å². The summed E-state index contributed by atoms with van der Waals surface area (Å²) in [5.41, 5.74) is 6.36. The van der Waals surface area contributed by atoms with Crippen molar-refractivity contribution in [2.45, 2.75) is 62.7 Å². The smallest absolute Gasteiger partial charge is 0.241 e. The third-order valence-corrected chi connectivity index (χ3v) is 9.04. The molecule has 7 nitrogen and oxygen atoms in total. The highest BCUT2D eigenvalue weighted by molar-refractivity contribution is 5.95. The number of H-pyrrole nitrogens is 1. The quantitative estimate of drug-likeness (QED) is 0.187. The van der Waals surface area contributed by atoms with Gasteiger partial charge in [-0.25, -0.2) is 9.37 Å². The molecule has 224 valence electrons. The van der Waals surface area contributed by atoms with Crippen LogP contribution in [0.4, 0.5) is 15.8 Å². The van der Waals surface area contributed by atoms with E-state index >= 15 is 0 Å². The summed E-state index contributed by atoms with van der Waals surface area (Å²) in [6.45, 7) is 1.94. The highest BCUT2D eigenvalue weighted by Crippen LogP contribution is 2.47. The van der Waals surface area contributed by atoms with Crippen molar-refractivity contribution in [1.29, 1.82) is 0 Å². The third-order valence-electron chi connectivity index (χ3n) is 9.04. The Morgan fingerprint density at radius 2 is 1.47 bits per heavy atom. The van der Waals surface area contributed by atoms with Gasteiger partial charge in [0.15, 0.2) is 0 Å². The Morgan fingerprint density at radius 1 is 0.814 bits per heavy atom. The fourth-order valence-corrected chi connectivity index (χ4v) is 6.83. The Hall–Kier alpha value is -3.72. The maximum Gasteiger partial charge on any atom is 0.241 e. The number of aromatic nitrogens is 2. The summed E-state index contributed by atoms with van der Waals surface area (Å²) in [5, 5.41) is 9.81. The number of imidazole rings is 1. The predicted octanol–water partition coefficient (Wildman–Crippen LogP) is 6.84. The predicted molar refractivity (Wildman–Crippen MR) is 171 cm³/mol. The molecule has 0 saturated carbocycles. The number of carbonyl (C=O) groups excluding carboxylic acids is 1. The van der Waals surface area contributed by atoms with Gasteiger partial charge in [0.2, 0.25) is 5.91 Å². The normalized spacial score (nSPS) is 23.3. The molecule has 4 atom stereocenters. The summed E-state index contributed by atoms with van der Waals surface area (Å²) in [6.07, 6.45) is 8.09. The van der Waals surface area contributed by atoms with Crippen LogP contribution < -0.4 is 20.9 Å². The van der Waals surface area contributed by atoms with Crippen molar-refractivity contribution >= 4 is 29.7 Å². The van der Waals surface area contributed by atoms with E-state index in [-0.39, 0.29) is 42.3 Å². The Bertz CT molecular complexity index is 1510. The minimum atomic E-state index is -0.237. The van der Waals surface area contributed by atoms with Crippen molar-refractivity contribution in [2.24, 2.45) is 0 Å². The number of halogens is 2. The number of hydrogen-bond acceptors (Lipinski definition) is 5. The largest absolute Gasteiger partial charge is 0.357 e. The van der Waals surface area contributed by atoms with E-state index in [2.05, 4.69) is 67.2 Å². The molecule has 4 aromatic rings. The zero-order valence-electron chi connectivity index (χ0n) is 24.1. The van der Waals surface area contributed by atoms with Gasteiger partial charge in [-0.3, -0.25) is 4.79 Å². The lowest BCUT2D eigenvalue weighted by Crippen LogP contribution is -2.35. The molecular weight excluding hydrogens is 563 g/mol. The number of carbonyl (C=O) groups is 1. The van der Waals surface area contributed by atoms with Crippen LogP contribution in [0.2, 0.25) is 0 Å². The van der Waals surface area contributed by atoms with E-state index in [1.54, 1.807) is 0 Å². The maximum absolute atomic E-state index is 13.9. The Kier molecular flexibility index (Phi) is 8.79. The minimum absolute atomic E-state index is 0. The number of amides is 1. The fourth-order valence-electron chi connectivity index (χ4n) is 6.83. The van der Waals surface area contributed by atoms with E-state index in [0.29, 0.717) is 6.04 Å². The van der Waals surface area contributed by atoms with E-state index in [1.165, 1.54) is 29.7 Å². The van der Waals surface area contributed by atoms with E-state index in [4.69, 9.17) is 0 Å². The van der Waals surface area contributed by atoms with Crippen LogP contribution in [0.5, 0.6) is 0 Å². The van der Waals surface area contributed by atoms with Crippen LogP contribution in [-0.4, -0.2) is 35.0 Å². The molecule has 9 heteroatoms. The van der Waals surface area contributed by atoms with Crippen LogP contribution in [0.25, 0.3) is 11.3 Å². The summed E-state index contributed by atoms with van der Waals surface area (Å²) < 4.78 is 13.9. The van der Waals surface area contributed by atoms with E-state index in [0.717, 1.165) is 73.7 Å². The third kappa shape index (κ3) is 6.18. The van der Waals surface area contributed by atoms with Crippen molar-refractivity contribution in [1.82, 2.24) is 20.6 Å². The summed E-state index contributed by atoms with van der Waals surface area (Å²) in [6, 6.07) is 24.3. The van der Waals surface area contributed by atoms with Crippen molar-refractivity contribution in [2.75, 3.05) is 23.3 Å². The first-order chi connectivity index (χ1) is 20.6. The molecule has 4 heterocycles. The van der Waals surface area contributed by atoms with Gasteiger partial charge in [-0.15, -0.1) is 12.4 Å². The molecule has 0 bridgehead atoms. The van der Waals surface area contributed by atoms with Gasteiger partial charge in [-0.05, 0) is 105 Å². The number of hydrogen-bond donors (Lipinski definition) is 4. The lowest BCUT2D eigenvalue weighted by atomic mass is 10.0. The molecule has 0 aliphatic carbocycles. The first-order valence-electron chi connectivity index (χ1n) is 15.2. The van der Waals surface area contributed by atoms with Gasteiger partial charge in [-0.1, -0.05) is 36.4 Å². The molecule has 0 radical (unpaired) electrons. The standard InChI is InChI=1S/C34H37FN6O.ClH/c35-25-11-15-27(16-12-25)41-31(23-7-5-22(6-8-23)30-21-38-33(40-30)28-3-1-19-36-28)17-18-32(41)24-9-13-26(14-10-24)39-34(42)29-4-2-20-37-29;/h5-16,21,28-29,31-32,36-37H,1-4,17-20H2,(H,38,40)(H,39,42);1H/t28?,29-,31?,32?;/m0./s1. The second-order valence-electron chi connectivity index (χ2n) is 11.7. The Morgan fingerprint density at radius 3 is 2.09 bits per heavy atom. The molecule has 43 heavy (non-hydrogen) atoms. The van der Waals surface area contributed by atoms with Gasteiger partial charge in [-0.2, -0.15) is 0 Å². The number of benzene rings is 3. The van der Waals surface area contributed by atoms with Gasteiger partial charge in [0.05, 0.1) is 36.1 Å². The van der Waals surface area contributed by atoms with Crippen molar-refractivity contribution in [3.63, 3.8) is 0 Å². The second-order valence-corrected chi connectivity index (χ2v) is 11.7. The van der Waals surface area contributed by atoms with Gasteiger partial charge in [0.25, 0.3) is 0 Å². The highest BCUT2D eigenvalue weighted by Gasteiger charge is 2.35. The van der Waals surface area contributed by atoms with E-state index < -0.39 is 0 Å². The molecule has 3 unspecified atom stereocenters. The molecule has 7 rings (SSSR count). The zero-order valence-corrected chi connectivity index (χ0v) is 24.9. The summed E-state index contributed by atoms with van der Waals surface area (Å²) in [7, 11) is 0. The molecule has 3 fully saturated rings. The average molecular weight is 601 g/mol. The molecule has 3 aliphatic heterocycles. The van der Waals surface area contributed by atoms with Gasteiger partial charge in [0, 0.05) is 11.4 Å². The SMILES string of the molecule is Cl.O=C(Nc1ccc(C2CCC(c3ccc(-c4cnc(C5CCCN5)[nH]4)cc3)N2c2ccc(F)cc2)cc1)[C@@H]1CCCN1. The lowest BCUT2D eigenvalue weighted by molar-refractivity contribution is -0.117. The Balaban J connectivity index is 0.00000329.